The standard InChI is InChI=1S/C18H22ClN/c1-4-18(15-6-5-7-16(19)12-15)20-17-10-8-14(9-11-17)13(2)3/h5-13,18,20H,4H2,1-3H3. The molecule has 0 aromatic heterocycles. The Morgan fingerprint density at radius 1 is 1.00 bits per heavy atom. The van der Waals surface area contributed by atoms with Crippen molar-refractivity contribution in [2.75, 3.05) is 5.32 Å². The fourth-order valence-electron chi connectivity index (χ4n) is 2.31. The van der Waals surface area contributed by atoms with Gasteiger partial charge >= 0.3 is 0 Å². The molecule has 0 spiro atoms. The number of hydrogen-bond acceptors (Lipinski definition) is 1. The van der Waals surface area contributed by atoms with Gasteiger partial charge in [-0.2, -0.15) is 0 Å². The number of rotatable bonds is 5. The van der Waals surface area contributed by atoms with Crippen LogP contribution in [-0.4, -0.2) is 0 Å². The van der Waals surface area contributed by atoms with E-state index in [1.54, 1.807) is 0 Å². The van der Waals surface area contributed by atoms with Crippen molar-refractivity contribution in [3.63, 3.8) is 0 Å². The van der Waals surface area contributed by atoms with Gasteiger partial charge in [0, 0.05) is 10.7 Å². The third-order valence-corrected chi connectivity index (χ3v) is 3.81. The van der Waals surface area contributed by atoms with Crippen molar-refractivity contribution in [2.24, 2.45) is 0 Å². The minimum Gasteiger partial charge on any atom is -0.378 e. The zero-order valence-electron chi connectivity index (χ0n) is 12.4. The lowest BCUT2D eigenvalue weighted by Crippen LogP contribution is -2.09. The van der Waals surface area contributed by atoms with Gasteiger partial charge in [0.05, 0.1) is 6.04 Å². The van der Waals surface area contributed by atoms with Crippen LogP contribution in [0.2, 0.25) is 5.02 Å². The lowest BCUT2D eigenvalue weighted by molar-refractivity contribution is 0.749. The summed E-state index contributed by atoms with van der Waals surface area (Å²) in [5.41, 5.74) is 3.75. The molecular weight excluding hydrogens is 266 g/mol. The molecule has 2 rings (SSSR count). The first-order valence-electron chi connectivity index (χ1n) is 7.22. The molecule has 1 nitrogen and oxygen atoms in total. The second-order valence-corrected chi connectivity index (χ2v) is 5.87. The fraction of sp³-hybridized carbons (Fsp3) is 0.333. The topological polar surface area (TPSA) is 12.0 Å². The molecular formula is C18H22ClN. The molecule has 1 N–H and O–H groups in total. The molecule has 2 aromatic rings. The van der Waals surface area contributed by atoms with E-state index in [2.05, 4.69) is 56.4 Å². The molecule has 0 aliphatic heterocycles. The highest BCUT2D eigenvalue weighted by Gasteiger charge is 2.09. The maximum absolute atomic E-state index is 6.08. The van der Waals surface area contributed by atoms with Gasteiger partial charge in [0.1, 0.15) is 0 Å². The first-order chi connectivity index (χ1) is 9.60. The molecule has 1 unspecified atom stereocenters. The molecule has 0 amide bonds. The third-order valence-electron chi connectivity index (χ3n) is 3.58. The van der Waals surface area contributed by atoms with E-state index in [1.807, 2.05) is 18.2 Å². The molecule has 20 heavy (non-hydrogen) atoms. The Kier molecular flexibility index (Phi) is 5.08. The van der Waals surface area contributed by atoms with Gasteiger partial charge in [-0.05, 0) is 47.7 Å². The predicted molar refractivity (Wildman–Crippen MR) is 88.6 cm³/mol. The first kappa shape index (κ1) is 14.9. The third kappa shape index (κ3) is 3.77. The monoisotopic (exact) mass is 287 g/mol. The van der Waals surface area contributed by atoms with E-state index in [1.165, 1.54) is 11.1 Å². The van der Waals surface area contributed by atoms with Gasteiger partial charge in [-0.3, -0.25) is 0 Å². The minimum absolute atomic E-state index is 0.290. The number of nitrogens with one attached hydrogen (secondary N) is 1. The predicted octanol–water partition coefficient (Wildman–Crippen LogP) is 6.03. The summed E-state index contributed by atoms with van der Waals surface area (Å²) in [6, 6.07) is 17.1. The summed E-state index contributed by atoms with van der Waals surface area (Å²) in [5.74, 6) is 0.568. The van der Waals surface area contributed by atoms with Gasteiger partial charge in [0.25, 0.3) is 0 Å². The van der Waals surface area contributed by atoms with E-state index in [0.29, 0.717) is 12.0 Å². The van der Waals surface area contributed by atoms with Crippen molar-refractivity contribution in [2.45, 2.75) is 39.2 Å². The van der Waals surface area contributed by atoms with E-state index < -0.39 is 0 Å². The van der Waals surface area contributed by atoms with Crippen LogP contribution in [0.4, 0.5) is 5.69 Å². The van der Waals surface area contributed by atoms with Crippen molar-refractivity contribution in [3.8, 4) is 0 Å². The second-order valence-electron chi connectivity index (χ2n) is 5.44. The van der Waals surface area contributed by atoms with E-state index in [0.717, 1.165) is 17.1 Å². The van der Waals surface area contributed by atoms with Crippen LogP contribution < -0.4 is 5.32 Å². The van der Waals surface area contributed by atoms with Crippen LogP contribution in [-0.2, 0) is 0 Å². The van der Waals surface area contributed by atoms with Gasteiger partial charge in [-0.25, -0.2) is 0 Å². The highest BCUT2D eigenvalue weighted by atomic mass is 35.5. The summed E-state index contributed by atoms with van der Waals surface area (Å²) in [7, 11) is 0. The minimum atomic E-state index is 0.290. The molecule has 2 aromatic carbocycles. The van der Waals surface area contributed by atoms with Gasteiger partial charge in [0.2, 0.25) is 0 Å². The molecule has 0 aliphatic rings. The van der Waals surface area contributed by atoms with E-state index >= 15 is 0 Å². The van der Waals surface area contributed by atoms with Crippen LogP contribution in [0.15, 0.2) is 48.5 Å². The fourth-order valence-corrected chi connectivity index (χ4v) is 2.51. The Morgan fingerprint density at radius 3 is 2.25 bits per heavy atom. The normalized spacial score (nSPS) is 12.4. The summed E-state index contributed by atoms with van der Waals surface area (Å²) < 4.78 is 0. The Hall–Kier alpha value is -1.47. The van der Waals surface area contributed by atoms with E-state index in [4.69, 9.17) is 11.6 Å². The molecule has 0 bridgehead atoms. The van der Waals surface area contributed by atoms with Gasteiger partial charge in [-0.15, -0.1) is 0 Å². The summed E-state index contributed by atoms with van der Waals surface area (Å²) in [4.78, 5) is 0. The molecule has 0 fully saturated rings. The molecule has 0 aliphatic carbocycles. The second kappa shape index (κ2) is 6.81. The number of benzene rings is 2. The molecule has 2 heteroatoms. The summed E-state index contributed by atoms with van der Waals surface area (Å²) in [6.07, 6.45) is 1.02. The van der Waals surface area contributed by atoms with Gasteiger partial charge in [0.15, 0.2) is 0 Å². The summed E-state index contributed by atoms with van der Waals surface area (Å²) in [5, 5.41) is 4.37. The van der Waals surface area contributed by atoms with Gasteiger partial charge in [-0.1, -0.05) is 56.6 Å². The average molecular weight is 288 g/mol. The summed E-state index contributed by atoms with van der Waals surface area (Å²) >= 11 is 6.08. The average Bonchev–Trinajstić information content (AvgIpc) is 2.45. The molecule has 0 saturated heterocycles. The molecule has 0 saturated carbocycles. The maximum Gasteiger partial charge on any atom is 0.0511 e. The molecule has 0 radical (unpaired) electrons. The van der Waals surface area contributed by atoms with Crippen molar-refractivity contribution in [1.29, 1.82) is 0 Å². The van der Waals surface area contributed by atoms with E-state index in [-0.39, 0.29) is 0 Å². The lowest BCUT2D eigenvalue weighted by atomic mass is 10.0. The first-order valence-corrected chi connectivity index (χ1v) is 7.60. The number of hydrogen-bond donors (Lipinski definition) is 1. The Balaban J connectivity index is 2.14. The van der Waals surface area contributed by atoms with E-state index in [9.17, 15) is 0 Å². The van der Waals surface area contributed by atoms with Crippen LogP contribution in [0.25, 0.3) is 0 Å². The smallest absolute Gasteiger partial charge is 0.0511 e. The van der Waals surface area contributed by atoms with Crippen LogP contribution in [0.5, 0.6) is 0 Å². The van der Waals surface area contributed by atoms with Crippen LogP contribution in [0, 0.1) is 0 Å². The lowest BCUT2D eigenvalue weighted by Gasteiger charge is -2.19. The summed E-state index contributed by atoms with van der Waals surface area (Å²) in [6.45, 7) is 6.60. The zero-order valence-corrected chi connectivity index (χ0v) is 13.1. The maximum atomic E-state index is 6.08. The SMILES string of the molecule is CCC(Nc1ccc(C(C)C)cc1)c1cccc(Cl)c1. The van der Waals surface area contributed by atoms with Crippen molar-refractivity contribution < 1.29 is 0 Å². The molecule has 106 valence electrons. The van der Waals surface area contributed by atoms with Gasteiger partial charge < -0.3 is 5.32 Å². The van der Waals surface area contributed by atoms with Crippen LogP contribution >= 0.6 is 11.6 Å². The van der Waals surface area contributed by atoms with Crippen LogP contribution in [0.1, 0.15) is 50.3 Å². The largest absolute Gasteiger partial charge is 0.378 e. The quantitative estimate of drug-likeness (QED) is 0.708. The number of halogens is 1. The molecule has 0 heterocycles. The van der Waals surface area contributed by atoms with Crippen molar-refractivity contribution in [1.82, 2.24) is 0 Å². The Labute approximate surface area is 127 Å². The Bertz CT molecular complexity index is 546. The highest BCUT2D eigenvalue weighted by Crippen LogP contribution is 2.25. The van der Waals surface area contributed by atoms with Crippen molar-refractivity contribution in [3.05, 3.63) is 64.7 Å². The van der Waals surface area contributed by atoms with Crippen LogP contribution in [0.3, 0.4) is 0 Å². The zero-order chi connectivity index (χ0) is 14.5. The Morgan fingerprint density at radius 2 is 1.70 bits per heavy atom. The number of anilines is 1. The van der Waals surface area contributed by atoms with Crippen molar-refractivity contribution >= 4 is 17.3 Å². The highest BCUT2D eigenvalue weighted by molar-refractivity contribution is 6.30. The molecule has 1 atom stereocenters.